The van der Waals surface area contributed by atoms with Crippen LogP contribution in [-0.2, 0) is 24.8 Å². The molecule has 0 heterocycles. The number of hydrogen-bond donors (Lipinski definition) is 0. The predicted octanol–water partition coefficient (Wildman–Crippen LogP) is 2.19. The molecular weight excluding hydrogens is 232 g/mol. The van der Waals surface area contributed by atoms with Crippen LogP contribution in [0.1, 0.15) is 31.4 Å². The van der Waals surface area contributed by atoms with Crippen molar-refractivity contribution in [1.29, 1.82) is 0 Å². The number of fused-ring (bicyclic) bond motifs is 1. The monoisotopic (exact) mass is 245 g/mol. The Labute approximate surface area is 105 Å². The molecule has 2 rings (SSSR count). The second-order valence-electron chi connectivity index (χ2n) is 4.05. The first kappa shape index (κ1) is 12.4. The van der Waals surface area contributed by atoms with E-state index in [9.17, 15) is 9.59 Å². The predicted molar refractivity (Wildman–Crippen MR) is 64.0 cm³/mol. The maximum Gasteiger partial charge on any atom is 0.306 e. The summed E-state index contributed by atoms with van der Waals surface area (Å²) in [6.07, 6.45) is 4.95. The minimum atomic E-state index is -1.39. The third kappa shape index (κ3) is 2.27. The zero-order chi connectivity index (χ0) is 13.2. The van der Waals surface area contributed by atoms with Gasteiger partial charge in [-0.05, 0) is 11.6 Å². The highest BCUT2D eigenvalue weighted by Crippen LogP contribution is 2.37. The van der Waals surface area contributed by atoms with Crippen molar-refractivity contribution in [3.63, 3.8) is 0 Å². The minimum Gasteiger partial charge on any atom is -0.418 e. The number of carbonyl (C=O) groups is 2. The lowest BCUT2D eigenvalue weighted by Gasteiger charge is -2.34. The van der Waals surface area contributed by atoms with Gasteiger partial charge >= 0.3 is 11.9 Å². The first-order valence-corrected chi connectivity index (χ1v) is 5.59. The highest BCUT2D eigenvalue weighted by molar-refractivity contribution is 5.70. The molecule has 0 aromatic heterocycles. The van der Waals surface area contributed by atoms with Crippen LogP contribution in [0.5, 0.6) is 0 Å². The molecule has 93 valence electrons. The summed E-state index contributed by atoms with van der Waals surface area (Å²) in [6, 6.07) is 7.29. The van der Waals surface area contributed by atoms with E-state index in [4.69, 9.17) is 9.47 Å². The molecule has 0 fully saturated rings. The Hall–Kier alpha value is -2.10. The fraction of sp³-hybridized carbons (Fsp3) is 0.286. The van der Waals surface area contributed by atoms with Crippen LogP contribution in [0.15, 0.2) is 24.3 Å². The Kier molecular flexibility index (Phi) is 3.19. The quantitative estimate of drug-likeness (QED) is 0.592. The van der Waals surface area contributed by atoms with Crippen molar-refractivity contribution in [3.05, 3.63) is 41.5 Å². The zero-order valence-corrected chi connectivity index (χ0v) is 10.2. The van der Waals surface area contributed by atoms with Gasteiger partial charge in [-0.15, -0.1) is 0 Å². The summed E-state index contributed by atoms with van der Waals surface area (Å²) in [5, 5.41) is 0. The van der Waals surface area contributed by atoms with Gasteiger partial charge in [-0.3, -0.25) is 9.59 Å². The molecule has 0 amide bonds. The summed E-state index contributed by atoms with van der Waals surface area (Å²) in [7, 11) is 0. The number of hydrogen-bond acceptors (Lipinski definition) is 4. The SMILES string of the molecule is CC(=O)OC1(OC(C)=O)C[C]=Cc2ccccc21. The smallest absolute Gasteiger partial charge is 0.306 e. The lowest BCUT2D eigenvalue weighted by atomic mass is 9.91. The van der Waals surface area contributed by atoms with Gasteiger partial charge in [0.25, 0.3) is 5.79 Å². The van der Waals surface area contributed by atoms with Crippen molar-refractivity contribution in [2.24, 2.45) is 0 Å². The third-order valence-corrected chi connectivity index (χ3v) is 2.58. The normalized spacial score (nSPS) is 15.7. The average Bonchev–Trinajstić information content (AvgIpc) is 2.27. The molecule has 0 spiro atoms. The molecule has 0 bridgehead atoms. The first-order valence-electron chi connectivity index (χ1n) is 5.59. The summed E-state index contributed by atoms with van der Waals surface area (Å²) in [5.41, 5.74) is 1.49. The summed E-state index contributed by atoms with van der Waals surface area (Å²) in [5.74, 6) is -2.40. The Balaban J connectivity index is 2.50. The summed E-state index contributed by atoms with van der Waals surface area (Å²) < 4.78 is 10.5. The van der Waals surface area contributed by atoms with Crippen LogP contribution < -0.4 is 0 Å². The zero-order valence-electron chi connectivity index (χ0n) is 10.2. The van der Waals surface area contributed by atoms with E-state index in [0.29, 0.717) is 5.56 Å². The Bertz CT molecular complexity index is 500. The van der Waals surface area contributed by atoms with Crippen LogP contribution in [0.4, 0.5) is 0 Å². The number of ether oxygens (including phenoxy) is 2. The maximum atomic E-state index is 11.3. The van der Waals surface area contributed by atoms with Crippen LogP contribution in [0.3, 0.4) is 0 Å². The fourth-order valence-corrected chi connectivity index (χ4v) is 2.03. The van der Waals surface area contributed by atoms with Gasteiger partial charge in [-0.25, -0.2) is 0 Å². The van der Waals surface area contributed by atoms with Crippen LogP contribution in [0.2, 0.25) is 0 Å². The van der Waals surface area contributed by atoms with Crippen LogP contribution in [-0.4, -0.2) is 11.9 Å². The summed E-state index contributed by atoms with van der Waals surface area (Å²) >= 11 is 0. The van der Waals surface area contributed by atoms with E-state index in [2.05, 4.69) is 6.08 Å². The van der Waals surface area contributed by atoms with Crippen molar-refractivity contribution in [2.45, 2.75) is 26.1 Å². The molecular formula is C14H13O4. The van der Waals surface area contributed by atoms with Crippen molar-refractivity contribution >= 4 is 18.0 Å². The van der Waals surface area contributed by atoms with Gasteiger partial charge in [-0.1, -0.05) is 30.3 Å². The lowest BCUT2D eigenvalue weighted by molar-refractivity contribution is -0.232. The molecule has 1 aromatic carbocycles. The van der Waals surface area contributed by atoms with Crippen LogP contribution in [0, 0.1) is 6.08 Å². The number of rotatable bonds is 2. The topological polar surface area (TPSA) is 52.6 Å². The number of carbonyl (C=O) groups excluding carboxylic acids is 2. The average molecular weight is 245 g/mol. The van der Waals surface area contributed by atoms with E-state index < -0.39 is 17.7 Å². The third-order valence-electron chi connectivity index (χ3n) is 2.58. The van der Waals surface area contributed by atoms with E-state index in [0.717, 1.165) is 5.56 Å². The van der Waals surface area contributed by atoms with E-state index in [1.54, 1.807) is 18.2 Å². The molecule has 0 atom stereocenters. The minimum absolute atomic E-state index is 0.198. The Morgan fingerprint density at radius 1 is 1.17 bits per heavy atom. The van der Waals surface area contributed by atoms with Gasteiger partial charge in [-0.2, -0.15) is 0 Å². The summed E-state index contributed by atoms with van der Waals surface area (Å²) in [6.45, 7) is 2.57. The van der Waals surface area contributed by atoms with E-state index in [1.807, 2.05) is 12.1 Å². The van der Waals surface area contributed by atoms with Gasteiger partial charge in [0.15, 0.2) is 0 Å². The molecule has 0 saturated carbocycles. The van der Waals surface area contributed by atoms with Gasteiger partial charge in [0, 0.05) is 19.4 Å². The van der Waals surface area contributed by atoms with Gasteiger partial charge in [0.05, 0.1) is 6.42 Å². The second-order valence-corrected chi connectivity index (χ2v) is 4.05. The Morgan fingerprint density at radius 2 is 1.78 bits per heavy atom. The standard InChI is InChI=1S/C14H13O4/c1-10(15)17-14(18-11(2)16)9-5-7-12-6-3-4-8-13(12)14/h3-4,6-8H,9H2,1-2H3. The molecule has 0 aliphatic heterocycles. The molecule has 18 heavy (non-hydrogen) atoms. The highest BCUT2D eigenvalue weighted by Gasteiger charge is 2.41. The fourth-order valence-electron chi connectivity index (χ4n) is 2.03. The van der Waals surface area contributed by atoms with Crippen LogP contribution in [0.25, 0.3) is 6.08 Å². The van der Waals surface area contributed by atoms with E-state index in [1.165, 1.54) is 13.8 Å². The molecule has 1 aliphatic rings. The van der Waals surface area contributed by atoms with Gasteiger partial charge < -0.3 is 9.47 Å². The van der Waals surface area contributed by atoms with Crippen molar-refractivity contribution in [1.82, 2.24) is 0 Å². The van der Waals surface area contributed by atoms with Gasteiger partial charge in [0.1, 0.15) is 0 Å². The lowest BCUT2D eigenvalue weighted by Crippen LogP contribution is -2.38. The Morgan fingerprint density at radius 3 is 2.39 bits per heavy atom. The molecule has 1 radical (unpaired) electrons. The molecule has 0 N–H and O–H groups in total. The van der Waals surface area contributed by atoms with Crippen molar-refractivity contribution < 1.29 is 19.1 Å². The second kappa shape index (κ2) is 4.64. The van der Waals surface area contributed by atoms with Crippen LogP contribution >= 0.6 is 0 Å². The van der Waals surface area contributed by atoms with Gasteiger partial charge in [0.2, 0.25) is 0 Å². The number of esters is 2. The molecule has 4 heteroatoms. The largest absolute Gasteiger partial charge is 0.418 e. The molecule has 4 nitrogen and oxygen atoms in total. The molecule has 1 aliphatic carbocycles. The molecule has 1 aromatic rings. The molecule has 0 unspecified atom stereocenters. The van der Waals surface area contributed by atoms with E-state index >= 15 is 0 Å². The van der Waals surface area contributed by atoms with Crippen molar-refractivity contribution in [2.75, 3.05) is 0 Å². The van der Waals surface area contributed by atoms with E-state index in [-0.39, 0.29) is 6.42 Å². The summed E-state index contributed by atoms with van der Waals surface area (Å²) in [4.78, 5) is 22.5. The van der Waals surface area contributed by atoms with Crippen molar-refractivity contribution in [3.8, 4) is 0 Å². The first-order chi connectivity index (χ1) is 8.53. The molecule has 0 saturated heterocycles. The number of benzene rings is 1. The highest BCUT2D eigenvalue weighted by atomic mass is 16.7. The maximum absolute atomic E-state index is 11.3.